The number of nitrogens with one attached hydrogen (secondary N) is 1. The highest BCUT2D eigenvalue weighted by atomic mass is 16.5. The molecule has 1 aromatic rings. The second-order valence-corrected chi connectivity index (χ2v) is 6.03. The Hall–Kier alpha value is -0.900. The number of rotatable bonds is 7. The Morgan fingerprint density at radius 3 is 2.48 bits per heavy atom. The molecule has 1 heterocycles. The van der Waals surface area contributed by atoms with E-state index in [1.165, 1.54) is 11.1 Å². The fraction of sp³-hybridized carbons (Fsp3) is 0.667. The number of hydrogen-bond donors (Lipinski definition) is 1. The van der Waals surface area contributed by atoms with Gasteiger partial charge in [-0.1, -0.05) is 31.2 Å². The van der Waals surface area contributed by atoms with E-state index in [2.05, 4.69) is 50.4 Å². The molecule has 1 fully saturated rings. The van der Waals surface area contributed by atoms with Gasteiger partial charge in [0, 0.05) is 0 Å². The van der Waals surface area contributed by atoms with Crippen molar-refractivity contribution in [2.24, 2.45) is 0 Å². The van der Waals surface area contributed by atoms with E-state index in [1.54, 1.807) is 0 Å². The predicted octanol–water partition coefficient (Wildman–Crippen LogP) is 3.31. The third-order valence-corrected chi connectivity index (χ3v) is 4.07. The number of ether oxygens (including phenoxy) is 2. The lowest BCUT2D eigenvalue weighted by Crippen LogP contribution is -2.34. The second kappa shape index (κ2) is 8.52. The standard InChI is InChI=1S/C18H29NO2/c1-4-19-10-9-16-7-5-6-8-17(16)13-20-18-11-14(2)21-15(3)12-18/h5-8,14-15,18-19H,4,9-13H2,1-3H3. The minimum Gasteiger partial charge on any atom is -0.375 e. The van der Waals surface area contributed by atoms with Gasteiger partial charge in [-0.25, -0.2) is 0 Å². The topological polar surface area (TPSA) is 30.5 Å². The fourth-order valence-electron chi connectivity index (χ4n) is 3.03. The molecule has 2 unspecified atom stereocenters. The highest BCUT2D eigenvalue weighted by molar-refractivity contribution is 5.26. The number of likely N-dealkylation sites (N-methyl/N-ethyl adjacent to an activating group) is 1. The molecule has 0 radical (unpaired) electrons. The van der Waals surface area contributed by atoms with Gasteiger partial charge < -0.3 is 14.8 Å². The molecule has 0 aromatic heterocycles. The van der Waals surface area contributed by atoms with E-state index in [1.807, 2.05) is 0 Å². The van der Waals surface area contributed by atoms with E-state index < -0.39 is 0 Å². The number of benzene rings is 1. The molecular formula is C18H29NO2. The molecule has 0 amide bonds. The molecule has 2 atom stereocenters. The van der Waals surface area contributed by atoms with Crippen LogP contribution in [0.15, 0.2) is 24.3 Å². The van der Waals surface area contributed by atoms with Gasteiger partial charge in [0.25, 0.3) is 0 Å². The lowest BCUT2D eigenvalue weighted by atomic mass is 10.0. The van der Waals surface area contributed by atoms with Crippen LogP contribution in [0.3, 0.4) is 0 Å². The van der Waals surface area contributed by atoms with Gasteiger partial charge in [-0.2, -0.15) is 0 Å². The highest BCUT2D eigenvalue weighted by Gasteiger charge is 2.24. The molecule has 1 saturated heterocycles. The summed E-state index contributed by atoms with van der Waals surface area (Å²) in [6.45, 7) is 9.18. The SMILES string of the molecule is CCNCCc1ccccc1COC1CC(C)OC(C)C1. The summed E-state index contributed by atoms with van der Waals surface area (Å²) in [6, 6.07) is 8.62. The molecule has 3 nitrogen and oxygen atoms in total. The van der Waals surface area contributed by atoms with Crippen molar-refractivity contribution in [3.05, 3.63) is 35.4 Å². The summed E-state index contributed by atoms with van der Waals surface area (Å²) in [6.07, 6.45) is 4.01. The zero-order valence-corrected chi connectivity index (χ0v) is 13.6. The largest absolute Gasteiger partial charge is 0.375 e. The molecule has 1 aromatic carbocycles. The van der Waals surface area contributed by atoms with Crippen LogP contribution in [0.5, 0.6) is 0 Å². The van der Waals surface area contributed by atoms with Crippen molar-refractivity contribution in [2.45, 2.75) is 65.0 Å². The molecule has 0 aliphatic carbocycles. The first-order chi connectivity index (χ1) is 10.2. The van der Waals surface area contributed by atoms with Gasteiger partial charge in [0.15, 0.2) is 0 Å². The fourth-order valence-corrected chi connectivity index (χ4v) is 3.03. The first kappa shape index (κ1) is 16.5. The van der Waals surface area contributed by atoms with E-state index in [0.29, 0.717) is 24.9 Å². The van der Waals surface area contributed by atoms with Crippen molar-refractivity contribution in [3.63, 3.8) is 0 Å². The lowest BCUT2D eigenvalue weighted by molar-refractivity contribution is -0.106. The van der Waals surface area contributed by atoms with Crippen molar-refractivity contribution < 1.29 is 9.47 Å². The number of hydrogen-bond acceptors (Lipinski definition) is 3. The van der Waals surface area contributed by atoms with E-state index in [9.17, 15) is 0 Å². The third-order valence-electron chi connectivity index (χ3n) is 4.07. The molecule has 1 aliphatic heterocycles. The van der Waals surface area contributed by atoms with E-state index in [0.717, 1.165) is 32.4 Å². The molecule has 1 aliphatic rings. The van der Waals surface area contributed by atoms with Crippen molar-refractivity contribution in [3.8, 4) is 0 Å². The average Bonchev–Trinajstić information content (AvgIpc) is 2.45. The normalized spacial score (nSPS) is 26.0. The Kier molecular flexibility index (Phi) is 6.68. The maximum absolute atomic E-state index is 6.16. The van der Waals surface area contributed by atoms with Crippen LogP contribution in [0.25, 0.3) is 0 Å². The maximum atomic E-state index is 6.16. The third kappa shape index (κ3) is 5.42. The Balaban J connectivity index is 1.87. The Morgan fingerprint density at radius 2 is 1.81 bits per heavy atom. The summed E-state index contributed by atoms with van der Waals surface area (Å²) in [5, 5.41) is 3.38. The molecule has 1 N–H and O–H groups in total. The van der Waals surface area contributed by atoms with Crippen molar-refractivity contribution in [2.75, 3.05) is 13.1 Å². The van der Waals surface area contributed by atoms with Crippen molar-refractivity contribution >= 4 is 0 Å². The molecule has 3 heteroatoms. The summed E-state index contributed by atoms with van der Waals surface area (Å²) in [5.74, 6) is 0. The molecular weight excluding hydrogens is 262 g/mol. The van der Waals surface area contributed by atoms with Crippen LogP contribution >= 0.6 is 0 Å². The van der Waals surface area contributed by atoms with Crippen molar-refractivity contribution in [1.29, 1.82) is 0 Å². The molecule has 0 spiro atoms. The van der Waals surface area contributed by atoms with Crippen LogP contribution in [0.1, 0.15) is 44.7 Å². The van der Waals surface area contributed by atoms with Gasteiger partial charge in [0.2, 0.25) is 0 Å². The molecule has 118 valence electrons. The molecule has 21 heavy (non-hydrogen) atoms. The van der Waals surface area contributed by atoms with Crippen LogP contribution < -0.4 is 5.32 Å². The Labute approximate surface area is 129 Å². The van der Waals surface area contributed by atoms with Gasteiger partial charge in [-0.05, 0) is 57.3 Å². The van der Waals surface area contributed by atoms with Crippen LogP contribution in [0.4, 0.5) is 0 Å². The van der Waals surface area contributed by atoms with Gasteiger partial charge in [0.1, 0.15) is 0 Å². The van der Waals surface area contributed by atoms with Crippen LogP contribution in [-0.4, -0.2) is 31.4 Å². The zero-order valence-electron chi connectivity index (χ0n) is 13.6. The Morgan fingerprint density at radius 1 is 1.14 bits per heavy atom. The summed E-state index contributed by atoms with van der Waals surface area (Å²) >= 11 is 0. The van der Waals surface area contributed by atoms with E-state index in [4.69, 9.17) is 9.47 Å². The van der Waals surface area contributed by atoms with Crippen LogP contribution in [0.2, 0.25) is 0 Å². The van der Waals surface area contributed by atoms with Gasteiger partial charge in [0.05, 0.1) is 24.9 Å². The quantitative estimate of drug-likeness (QED) is 0.782. The first-order valence-corrected chi connectivity index (χ1v) is 8.23. The van der Waals surface area contributed by atoms with Crippen LogP contribution in [0, 0.1) is 0 Å². The van der Waals surface area contributed by atoms with E-state index >= 15 is 0 Å². The Bertz CT molecular complexity index is 411. The summed E-state index contributed by atoms with van der Waals surface area (Å²) < 4.78 is 11.9. The zero-order chi connectivity index (χ0) is 15.1. The maximum Gasteiger partial charge on any atom is 0.0723 e. The van der Waals surface area contributed by atoms with Crippen molar-refractivity contribution in [1.82, 2.24) is 5.32 Å². The van der Waals surface area contributed by atoms with Gasteiger partial charge in [-0.3, -0.25) is 0 Å². The second-order valence-electron chi connectivity index (χ2n) is 6.03. The van der Waals surface area contributed by atoms with Gasteiger partial charge >= 0.3 is 0 Å². The van der Waals surface area contributed by atoms with E-state index in [-0.39, 0.29) is 0 Å². The highest BCUT2D eigenvalue weighted by Crippen LogP contribution is 2.23. The minimum atomic E-state index is 0.308. The summed E-state index contributed by atoms with van der Waals surface area (Å²) in [5.41, 5.74) is 2.72. The summed E-state index contributed by atoms with van der Waals surface area (Å²) in [4.78, 5) is 0. The molecule has 0 bridgehead atoms. The smallest absolute Gasteiger partial charge is 0.0723 e. The summed E-state index contributed by atoms with van der Waals surface area (Å²) in [7, 11) is 0. The first-order valence-electron chi connectivity index (χ1n) is 8.23. The molecule has 0 saturated carbocycles. The monoisotopic (exact) mass is 291 g/mol. The van der Waals surface area contributed by atoms with Gasteiger partial charge in [-0.15, -0.1) is 0 Å². The average molecular weight is 291 g/mol. The molecule has 2 rings (SSSR count). The van der Waals surface area contributed by atoms with Crippen LogP contribution in [-0.2, 0) is 22.5 Å². The minimum absolute atomic E-state index is 0.308. The predicted molar refractivity (Wildman–Crippen MR) is 86.5 cm³/mol. The lowest BCUT2D eigenvalue weighted by Gasteiger charge is -2.32.